The van der Waals surface area contributed by atoms with Gasteiger partial charge in [0.25, 0.3) is 0 Å². The molecule has 180 valence electrons. The lowest BCUT2D eigenvalue weighted by molar-refractivity contribution is -0.0743. The van der Waals surface area contributed by atoms with E-state index in [0.29, 0.717) is 39.1 Å². The second kappa shape index (κ2) is 10.3. The van der Waals surface area contributed by atoms with E-state index in [0.717, 1.165) is 35.8 Å². The van der Waals surface area contributed by atoms with Gasteiger partial charge in [0.15, 0.2) is 0 Å². The minimum atomic E-state index is -1.13. The average Bonchev–Trinajstić information content (AvgIpc) is 3.00. The summed E-state index contributed by atoms with van der Waals surface area (Å²) in [6.07, 6.45) is 1.35. The number of anilines is 1. The Morgan fingerprint density at radius 1 is 0.970 bits per heavy atom. The van der Waals surface area contributed by atoms with E-state index in [2.05, 4.69) is 21.9 Å². The average molecular weight is 457 g/mol. The fourth-order valence-corrected chi connectivity index (χ4v) is 4.70. The number of piperidine rings is 1. The largest absolute Gasteiger partial charge is 0.497 e. The Hall–Kier alpha value is -2.32. The molecule has 0 radical (unpaired) electrons. The molecule has 2 aromatic carbocycles. The number of nitrogens with zero attached hydrogens (tertiary/aromatic N) is 2. The van der Waals surface area contributed by atoms with Gasteiger partial charge in [0.1, 0.15) is 23.7 Å². The third-order valence-corrected chi connectivity index (χ3v) is 6.68. The van der Waals surface area contributed by atoms with Gasteiger partial charge < -0.3 is 29.3 Å². The SMILES string of the molecule is COc1ccc(N2CCC(O)(CN3CCOC[C@@](O)(COc4ccccc4C)C3)CC2)cc1. The van der Waals surface area contributed by atoms with E-state index in [1.807, 2.05) is 43.3 Å². The number of hydrogen-bond donors (Lipinski definition) is 2. The quantitative estimate of drug-likeness (QED) is 0.663. The molecular formula is C26H36N2O5. The zero-order chi connectivity index (χ0) is 23.3. The van der Waals surface area contributed by atoms with Gasteiger partial charge in [-0.2, -0.15) is 0 Å². The molecule has 1 atom stereocenters. The summed E-state index contributed by atoms with van der Waals surface area (Å²) < 4.78 is 16.9. The second-order valence-electron chi connectivity index (χ2n) is 9.45. The molecule has 7 nitrogen and oxygen atoms in total. The van der Waals surface area contributed by atoms with Crippen LogP contribution in [0, 0.1) is 6.92 Å². The summed E-state index contributed by atoms with van der Waals surface area (Å²) in [4.78, 5) is 4.42. The van der Waals surface area contributed by atoms with Crippen LogP contribution in [-0.2, 0) is 4.74 Å². The van der Waals surface area contributed by atoms with Gasteiger partial charge in [0.2, 0.25) is 0 Å². The minimum absolute atomic E-state index is 0.151. The zero-order valence-corrected chi connectivity index (χ0v) is 19.7. The van der Waals surface area contributed by atoms with E-state index in [1.165, 1.54) is 0 Å². The topological polar surface area (TPSA) is 74.6 Å². The summed E-state index contributed by atoms with van der Waals surface area (Å²) in [5.74, 6) is 1.61. The molecular weight excluding hydrogens is 420 g/mol. The Balaban J connectivity index is 1.33. The first-order valence-corrected chi connectivity index (χ1v) is 11.7. The monoisotopic (exact) mass is 456 g/mol. The van der Waals surface area contributed by atoms with E-state index in [1.54, 1.807) is 7.11 Å². The van der Waals surface area contributed by atoms with Gasteiger partial charge in [-0.05, 0) is 55.7 Å². The zero-order valence-electron chi connectivity index (χ0n) is 19.7. The lowest BCUT2D eigenvalue weighted by atomic mass is 9.90. The first-order valence-electron chi connectivity index (χ1n) is 11.7. The second-order valence-corrected chi connectivity index (χ2v) is 9.45. The van der Waals surface area contributed by atoms with Crippen molar-refractivity contribution in [2.45, 2.75) is 31.0 Å². The molecule has 2 N–H and O–H groups in total. The Kier molecular flexibility index (Phi) is 7.44. The lowest BCUT2D eigenvalue weighted by Crippen LogP contribution is -2.55. The van der Waals surface area contributed by atoms with Crippen LogP contribution >= 0.6 is 0 Å². The number of aliphatic hydroxyl groups is 2. The summed E-state index contributed by atoms with van der Waals surface area (Å²) in [5, 5.41) is 22.6. The van der Waals surface area contributed by atoms with Crippen LogP contribution in [0.15, 0.2) is 48.5 Å². The Labute approximate surface area is 196 Å². The van der Waals surface area contributed by atoms with Gasteiger partial charge in [0.05, 0.1) is 25.9 Å². The van der Waals surface area contributed by atoms with Crippen LogP contribution in [0.2, 0.25) is 0 Å². The molecule has 4 rings (SSSR count). The molecule has 0 spiro atoms. The number of hydrogen-bond acceptors (Lipinski definition) is 7. The highest BCUT2D eigenvalue weighted by atomic mass is 16.5. The molecule has 2 heterocycles. The van der Waals surface area contributed by atoms with E-state index < -0.39 is 11.2 Å². The molecule has 0 saturated carbocycles. The standard InChI is InChI=1S/C26H36N2O5/c1-21-5-3-4-6-24(21)33-20-26(30)18-27(15-16-32-19-26)17-25(29)11-13-28(14-12-25)22-7-9-23(31-2)10-8-22/h3-10,29-30H,11-20H2,1-2H3/t26-/m1/s1. The maximum Gasteiger partial charge on any atom is 0.134 e. The van der Waals surface area contributed by atoms with Gasteiger partial charge >= 0.3 is 0 Å². The molecule has 2 aliphatic heterocycles. The number of aryl methyl sites for hydroxylation is 1. The smallest absolute Gasteiger partial charge is 0.134 e. The maximum absolute atomic E-state index is 11.3. The number of ether oxygens (including phenoxy) is 3. The van der Waals surface area contributed by atoms with Crippen LogP contribution in [0.25, 0.3) is 0 Å². The van der Waals surface area contributed by atoms with Crippen molar-refractivity contribution >= 4 is 5.69 Å². The fraction of sp³-hybridized carbons (Fsp3) is 0.538. The highest BCUT2D eigenvalue weighted by molar-refractivity contribution is 5.49. The molecule has 0 amide bonds. The summed E-state index contributed by atoms with van der Waals surface area (Å²) in [7, 11) is 1.67. The van der Waals surface area contributed by atoms with Crippen LogP contribution in [0.1, 0.15) is 18.4 Å². The van der Waals surface area contributed by atoms with Crippen LogP contribution in [0.5, 0.6) is 11.5 Å². The molecule has 7 heteroatoms. The van der Waals surface area contributed by atoms with Crippen molar-refractivity contribution in [3.63, 3.8) is 0 Å². The first kappa shape index (κ1) is 23.8. The molecule has 2 fully saturated rings. The number of benzene rings is 2. The molecule has 0 unspecified atom stereocenters. The van der Waals surface area contributed by atoms with Gasteiger partial charge in [-0.15, -0.1) is 0 Å². The van der Waals surface area contributed by atoms with Gasteiger partial charge in [-0.25, -0.2) is 0 Å². The predicted octanol–water partition coefficient (Wildman–Crippen LogP) is 2.48. The normalized spacial score (nSPS) is 23.7. The molecule has 2 aliphatic rings. The molecule has 33 heavy (non-hydrogen) atoms. The number of para-hydroxylation sites is 1. The van der Waals surface area contributed by atoms with Crippen LogP contribution in [0.3, 0.4) is 0 Å². The maximum atomic E-state index is 11.3. The molecule has 2 aromatic rings. The van der Waals surface area contributed by atoms with Gasteiger partial charge in [0, 0.05) is 38.4 Å². The molecule has 0 bridgehead atoms. The molecule has 0 aliphatic carbocycles. The van der Waals surface area contributed by atoms with E-state index in [9.17, 15) is 10.2 Å². The number of rotatable bonds is 7. The Bertz CT molecular complexity index is 898. The Morgan fingerprint density at radius 2 is 1.70 bits per heavy atom. The van der Waals surface area contributed by atoms with E-state index in [-0.39, 0.29) is 13.2 Å². The van der Waals surface area contributed by atoms with Crippen LogP contribution in [0.4, 0.5) is 5.69 Å². The highest BCUT2D eigenvalue weighted by Gasteiger charge is 2.39. The van der Waals surface area contributed by atoms with Crippen molar-refractivity contribution in [3.05, 3.63) is 54.1 Å². The third kappa shape index (κ3) is 6.18. The first-order chi connectivity index (χ1) is 15.9. The predicted molar refractivity (Wildman–Crippen MR) is 128 cm³/mol. The van der Waals surface area contributed by atoms with Crippen molar-refractivity contribution in [1.82, 2.24) is 4.90 Å². The van der Waals surface area contributed by atoms with Crippen LogP contribution < -0.4 is 14.4 Å². The van der Waals surface area contributed by atoms with Crippen molar-refractivity contribution in [2.24, 2.45) is 0 Å². The van der Waals surface area contributed by atoms with Gasteiger partial charge in [-0.3, -0.25) is 4.90 Å². The molecule has 0 aromatic heterocycles. The Morgan fingerprint density at radius 3 is 2.39 bits per heavy atom. The van der Waals surface area contributed by atoms with E-state index in [4.69, 9.17) is 14.2 Å². The van der Waals surface area contributed by atoms with Crippen molar-refractivity contribution < 1.29 is 24.4 Å². The third-order valence-electron chi connectivity index (χ3n) is 6.68. The lowest BCUT2D eigenvalue weighted by Gasteiger charge is -2.42. The van der Waals surface area contributed by atoms with Crippen LogP contribution in [-0.4, -0.2) is 86.0 Å². The summed E-state index contributed by atoms with van der Waals surface area (Å²) in [6.45, 7) is 6.06. The number of methoxy groups -OCH3 is 1. The van der Waals surface area contributed by atoms with Gasteiger partial charge in [-0.1, -0.05) is 18.2 Å². The fourth-order valence-electron chi connectivity index (χ4n) is 4.70. The summed E-state index contributed by atoms with van der Waals surface area (Å²) in [6, 6.07) is 15.8. The van der Waals surface area contributed by atoms with E-state index >= 15 is 0 Å². The highest BCUT2D eigenvalue weighted by Crippen LogP contribution is 2.29. The summed E-state index contributed by atoms with van der Waals surface area (Å²) >= 11 is 0. The van der Waals surface area contributed by atoms with Crippen molar-refractivity contribution in [3.8, 4) is 11.5 Å². The minimum Gasteiger partial charge on any atom is -0.497 e. The van der Waals surface area contributed by atoms with Crippen molar-refractivity contribution in [1.29, 1.82) is 0 Å². The molecule has 2 saturated heterocycles. The van der Waals surface area contributed by atoms with Crippen molar-refractivity contribution in [2.75, 3.05) is 64.6 Å². The number of β-amino-alcohol motifs (C(OH)–C–C–N with tert-alkyl or cyclic N) is 2. The summed E-state index contributed by atoms with van der Waals surface area (Å²) in [5.41, 5.74) is 0.263.